The lowest BCUT2D eigenvalue weighted by Gasteiger charge is -2.06. The number of nitrogens with zero attached hydrogens (tertiary/aromatic N) is 1. The number of amides is 2. The van der Waals surface area contributed by atoms with Crippen molar-refractivity contribution in [2.45, 2.75) is 32.1 Å². The van der Waals surface area contributed by atoms with E-state index < -0.39 is 12.5 Å². The van der Waals surface area contributed by atoms with Crippen LogP contribution >= 0.6 is 0 Å². The number of carbonyl (C=O) groups excluding carboxylic acids is 2. The predicted molar refractivity (Wildman–Crippen MR) is 92.0 cm³/mol. The van der Waals surface area contributed by atoms with Crippen molar-refractivity contribution < 1.29 is 23.9 Å². The van der Waals surface area contributed by atoms with E-state index in [2.05, 4.69) is 15.6 Å². The van der Waals surface area contributed by atoms with Crippen molar-refractivity contribution in [2.24, 2.45) is 0 Å². The molecule has 1 aromatic heterocycles. The fourth-order valence-corrected chi connectivity index (χ4v) is 2.45. The van der Waals surface area contributed by atoms with E-state index in [1.807, 2.05) is 0 Å². The summed E-state index contributed by atoms with van der Waals surface area (Å²) in [6, 6.07) is 6.73. The van der Waals surface area contributed by atoms with Crippen molar-refractivity contribution in [2.75, 3.05) is 11.9 Å². The molecule has 0 saturated heterocycles. The van der Waals surface area contributed by atoms with E-state index in [-0.39, 0.29) is 24.0 Å². The van der Waals surface area contributed by atoms with Crippen molar-refractivity contribution in [3.05, 3.63) is 47.2 Å². The predicted octanol–water partition coefficient (Wildman–Crippen LogP) is 1.86. The van der Waals surface area contributed by atoms with Gasteiger partial charge in [-0.1, -0.05) is 12.1 Å². The molecule has 0 atom stereocenters. The van der Waals surface area contributed by atoms with Gasteiger partial charge in [0.2, 0.25) is 11.7 Å². The number of anilines is 1. The molecule has 26 heavy (non-hydrogen) atoms. The highest BCUT2D eigenvalue weighted by molar-refractivity contribution is 6.03. The van der Waals surface area contributed by atoms with Gasteiger partial charge in [-0.15, -0.1) is 0 Å². The average Bonchev–Trinajstić information content (AvgIpc) is 3.37. The van der Waals surface area contributed by atoms with E-state index in [4.69, 9.17) is 9.52 Å². The lowest BCUT2D eigenvalue weighted by Crippen LogP contribution is -2.30. The zero-order valence-electron chi connectivity index (χ0n) is 14.2. The minimum atomic E-state index is -1.09. The van der Waals surface area contributed by atoms with Gasteiger partial charge in [-0.2, -0.15) is 0 Å². The summed E-state index contributed by atoms with van der Waals surface area (Å²) in [6.45, 7) is 1.33. The number of hydrogen-bond acceptors (Lipinski definition) is 5. The number of aromatic nitrogens is 1. The number of aliphatic carboxylic acids is 1. The van der Waals surface area contributed by atoms with Crippen LogP contribution in [0, 0.1) is 6.92 Å². The first kappa shape index (κ1) is 17.7. The van der Waals surface area contributed by atoms with E-state index in [0.717, 1.165) is 12.8 Å². The van der Waals surface area contributed by atoms with Gasteiger partial charge in [0.25, 0.3) is 5.91 Å². The quantitative estimate of drug-likeness (QED) is 0.695. The van der Waals surface area contributed by atoms with E-state index >= 15 is 0 Å². The zero-order valence-corrected chi connectivity index (χ0v) is 14.2. The van der Waals surface area contributed by atoms with Crippen molar-refractivity contribution in [3.63, 3.8) is 0 Å². The molecule has 136 valence electrons. The summed E-state index contributed by atoms with van der Waals surface area (Å²) in [5.41, 5.74) is 1.84. The molecular weight excluding hydrogens is 338 g/mol. The molecule has 1 aromatic carbocycles. The third-order valence-electron chi connectivity index (χ3n) is 3.96. The molecule has 0 aliphatic heterocycles. The van der Waals surface area contributed by atoms with Crippen LogP contribution in [0.4, 0.5) is 5.69 Å². The molecule has 3 rings (SSSR count). The second-order valence-electron chi connectivity index (χ2n) is 6.24. The third kappa shape index (κ3) is 4.47. The average molecular weight is 357 g/mol. The number of carboxylic acid groups (broad SMARTS) is 1. The summed E-state index contributed by atoms with van der Waals surface area (Å²) >= 11 is 0. The van der Waals surface area contributed by atoms with Crippen molar-refractivity contribution >= 4 is 23.5 Å². The zero-order chi connectivity index (χ0) is 18.7. The van der Waals surface area contributed by atoms with E-state index in [1.165, 1.54) is 0 Å². The number of benzene rings is 1. The lowest BCUT2D eigenvalue weighted by atomic mass is 10.1. The molecule has 3 N–H and O–H groups in total. The molecule has 8 heteroatoms. The first-order valence-electron chi connectivity index (χ1n) is 8.28. The van der Waals surface area contributed by atoms with Gasteiger partial charge in [-0.25, -0.2) is 4.98 Å². The van der Waals surface area contributed by atoms with Crippen LogP contribution in [-0.4, -0.2) is 34.4 Å². The molecule has 8 nitrogen and oxygen atoms in total. The van der Waals surface area contributed by atoms with Crippen LogP contribution in [-0.2, 0) is 16.0 Å². The van der Waals surface area contributed by atoms with Gasteiger partial charge < -0.3 is 20.2 Å². The number of hydrogen-bond donors (Lipinski definition) is 3. The Labute approximate surface area is 149 Å². The van der Waals surface area contributed by atoms with Crippen LogP contribution in [0.1, 0.15) is 46.5 Å². The minimum absolute atomic E-state index is 0.0630. The number of nitrogens with one attached hydrogen (secondary N) is 2. The second-order valence-corrected chi connectivity index (χ2v) is 6.24. The summed E-state index contributed by atoms with van der Waals surface area (Å²) in [5.74, 6) is -0.673. The SMILES string of the molecule is Cc1nc(C2CC2)oc1C(=O)Nc1ccc(CC(=O)NCC(=O)O)cc1. The Hall–Kier alpha value is -3.16. The van der Waals surface area contributed by atoms with Gasteiger partial charge in [0.05, 0.1) is 12.1 Å². The Balaban J connectivity index is 1.57. The Morgan fingerprint density at radius 2 is 1.92 bits per heavy atom. The molecular formula is C18H19N3O5. The minimum Gasteiger partial charge on any atom is -0.480 e. The van der Waals surface area contributed by atoms with Crippen LogP contribution in [0.25, 0.3) is 0 Å². The van der Waals surface area contributed by atoms with Gasteiger partial charge in [0.1, 0.15) is 6.54 Å². The van der Waals surface area contributed by atoms with Crippen LogP contribution in [0.5, 0.6) is 0 Å². The summed E-state index contributed by atoms with van der Waals surface area (Å²) < 4.78 is 5.57. The van der Waals surface area contributed by atoms with Gasteiger partial charge in [0.15, 0.2) is 5.89 Å². The van der Waals surface area contributed by atoms with E-state index in [9.17, 15) is 14.4 Å². The van der Waals surface area contributed by atoms with Crippen LogP contribution in [0.2, 0.25) is 0 Å². The maximum absolute atomic E-state index is 12.3. The fourth-order valence-electron chi connectivity index (χ4n) is 2.45. The van der Waals surface area contributed by atoms with Gasteiger partial charge in [-0.05, 0) is 37.5 Å². The number of rotatable bonds is 7. The molecule has 2 amide bonds. The van der Waals surface area contributed by atoms with Crippen molar-refractivity contribution in [3.8, 4) is 0 Å². The first-order chi connectivity index (χ1) is 12.4. The number of carbonyl (C=O) groups is 3. The van der Waals surface area contributed by atoms with E-state index in [1.54, 1.807) is 31.2 Å². The third-order valence-corrected chi connectivity index (χ3v) is 3.96. The molecule has 1 aliphatic carbocycles. The highest BCUT2D eigenvalue weighted by atomic mass is 16.4. The molecule has 1 aliphatic rings. The van der Waals surface area contributed by atoms with Gasteiger partial charge in [-0.3, -0.25) is 14.4 Å². The summed E-state index contributed by atoms with van der Waals surface area (Å²) in [5, 5.41) is 13.6. The number of carboxylic acids is 1. The molecule has 1 saturated carbocycles. The summed E-state index contributed by atoms with van der Waals surface area (Å²) in [7, 11) is 0. The van der Waals surface area contributed by atoms with Gasteiger partial charge in [0, 0.05) is 11.6 Å². The molecule has 2 aromatic rings. The van der Waals surface area contributed by atoms with Crippen LogP contribution < -0.4 is 10.6 Å². The summed E-state index contributed by atoms with van der Waals surface area (Å²) in [6.07, 6.45) is 2.15. The lowest BCUT2D eigenvalue weighted by molar-refractivity contribution is -0.137. The Kier molecular flexibility index (Phi) is 5.01. The largest absolute Gasteiger partial charge is 0.480 e. The molecule has 1 fully saturated rings. The summed E-state index contributed by atoms with van der Waals surface area (Å²) in [4.78, 5) is 38.7. The maximum atomic E-state index is 12.3. The van der Waals surface area contributed by atoms with Crippen molar-refractivity contribution in [1.29, 1.82) is 0 Å². The standard InChI is InChI=1S/C18H19N3O5/c1-10-16(26-18(20-10)12-4-5-12)17(25)21-13-6-2-11(3-7-13)8-14(22)19-9-15(23)24/h2-3,6-7,12H,4-5,8-9H2,1H3,(H,19,22)(H,21,25)(H,23,24). The maximum Gasteiger partial charge on any atom is 0.322 e. The molecule has 0 bridgehead atoms. The topological polar surface area (TPSA) is 122 Å². The number of aryl methyl sites for hydroxylation is 1. The van der Waals surface area contributed by atoms with Crippen molar-refractivity contribution in [1.82, 2.24) is 10.3 Å². The molecule has 0 spiro atoms. The highest BCUT2D eigenvalue weighted by Crippen LogP contribution is 2.40. The monoisotopic (exact) mass is 357 g/mol. The Morgan fingerprint density at radius 3 is 2.54 bits per heavy atom. The van der Waals surface area contributed by atoms with Crippen LogP contribution in [0.3, 0.4) is 0 Å². The number of oxazole rings is 1. The molecule has 1 heterocycles. The second kappa shape index (κ2) is 7.38. The smallest absolute Gasteiger partial charge is 0.322 e. The Morgan fingerprint density at radius 1 is 1.23 bits per heavy atom. The highest BCUT2D eigenvalue weighted by Gasteiger charge is 2.30. The van der Waals surface area contributed by atoms with Gasteiger partial charge >= 0.3 is 5.97 Å². The molecule has 0 unspecified atom stereocenters. The Bertz CT molecular complexity index is 837. The first-order valence-corrected chi connectivity index (χ1v) is 8.28. The van der Waals surface area contributed by atoms with E-state index in [0.29, 0.717) is 28.8 Å². The fraction of sp³-hybridized carbons (Fsp3) is 0.333. The normalized spacial score (nSPS) is 13.3. The molecule has 0 radical (unpaired) electrons. The van der Waals surface area contributed by atoms with Crippen LogP contribution in [0.15, 0.2) is 28.7 Å².